The van der Waals surface area contributed by atoms with Gasteiger partial charge in [0, 0.05) is 18.8 Å². The van der Waals surface area contributed by atoms with Gasteiger partial charge in [-0.15, -0.1) is 0 Å². The molecule has 0 atom stereocenters. The third-order valence-electron chi connectivity index (χ3n) is 4.30. The third-order valence-corrected chi connectivity index (χ3v) is 6.21. The normalized spacial score (nSPS) is 15.9. The van der Waals surface area contributed by atoms with E-state index in [4.69, 9.17) is 9.15 Å². The quantitative estimate of drug-likeness (QED) is 0.720. The summed E-state index contributed by atoms with van der Waals surface area (Å²) in [6.07, 6.45) is 0. The standard InChI is InChI=1S/C18H18FN3O4S/c19-14-6-5-13(11-17(14)27(23,24)22-7-9-25-10-8-22)20-12-18-21-15-3-1-2-4-16(15)26-18/h1-6,11,20H,7-10,12H2. The molecule has 0 spiro atoms. The number of aromatic nitrogens is 1. The first kappa shape index (κ1) is 17.9. The Bertz CT molecular complexity index is 1030. The van der Waals surface area contributed by atoms with Crippen LogP contribution in [0, 0.1) is 5.82 Å². The summed E-state index contributed by atoms with van der Waals surface area (Å²) in [6, 6.07) is 11.3. The van der Waals surface area contributed by atoms with E-state index in [9.17, 15) is 12.8 Å². The second kappa shape index (κ2) is 7.26. The minimum atomic E-state index is -3.92. The number of fused-ring (bicyclic) bond motifs is 1. The number of halogens is 1. The zero-order chi connectivity index (χ0) is 18.9. The predicted molar refractivity (Wildman–Crippen MR) is 97.3 cm³/mol. The van der Waals surface area contributed by atoms with Crippen molar-refractivity contribution in [2.45, 2.75) is 11.4 Å². The minimum absolute atomic E-state index is 0.211. The Kier molecular flexibility index (Phi) is 4.81. The molecule has 0 radical (unpaired) electrons. The number of hydrogen-bond donors (Lipinski definition) is 1. The number of anilines is 1. The second-order valence-electron chi connectivity index (χ2n) is 6.09. The topological polar surface area (TPSA) is 84.7 Å². The minimum Gasteiger partial charge on any atom is -0.439 e. The first-order chi connectivity index (χ1) is 13.0. The van der Waals surface area contributed by atoms with Gasteiger partial charge in [-0.05, 0) is 30.3 Å². The average Bonchev–Trinajstić information content (AvgIpc) is 3.11. The van der Waals surface area contributed by atoms with Crippen molar-refractivity contribution >= 4 is 26.8 Å². The summed E-state index contributed by atoms with van der Waals surface area (Å²) in [5.41, 5.74) is 1.87. The lowest BCUT2D eigenvalue weighted by atomic mass is 10.3. The highest BCUT2D eigenvalue weighted by Gasteiger charge is 2.29. The SMILES string of the molecule is O=S(=O)(c1cc(NCc2nc3ccccc3o2)ccc1F)N1CCOCC1. The van der Waals surface area contributed by atoms with Crippen LogP contribution >= 0.6 is 0 Å². The number of nitrogens with zero attached hydrogens (tertiary/aromatic N) is 2. The molecule has 2 aromatic carbocycles. The molecule has 1 aromatic heterocycles. The number of ether oxygens (including phenoxy) is 1. The van der Waals surface area contributed by atoms with Crippen molar-refractivity contribution in [1.29, 1.82) is 0 Å². The third kappa shape index (κ3) is 3.66. The Morgan fingerprint density at radius 2 is 1.93 bits per heavy atom. The van der Waals surface area contributed by atoms with Crippen molar-refractivity contribution in [3.8, 4) is 0 Å². The summed E-state index contributed by atoms with van der Waals surface area (Å²) < 4.78 is 51.7. The molecule has 9 heteroatoms. The van der Waals surface area contributed by atoms with Gasteiger partial charge in [-0.1, -0.05) is 12.1 Å². The Hall–Kier alpha value is -2.49. The molecule has 7 nitrogen and oxygen atoms in total. The van der Waals surface area contributed by atoms with Crippen LogP contribution in [0.5, 0.6) is 0 Å². The molecule has 1 aliphatic heterocycles. The van der Waals surface area contributed by atoms with Crippen molar-refractivity contribution in [2.24, 2.45) is 0 Å². The Morgan fingerprint density at radius 3 is 2.70 bits per heavy atom. The molecule has 1 aliphatic rings. The highest BCUT2D eigenvalue weighted by molar-refractivity contribution is 7.89. The second-order valence-corrected chi connectivity index (χ2v) is 8.00. The van der Waals surface area contributed by atoms with E-state index < -0.39 is 15.8 Å². The van der Waals surface area contributed by atoms with Gasteiger partial charge in [-0.25, -0.2) is 17.8 Å². The highest BCUT2D eigenvalue weighted by atomic mass is 32.2. The summed E-state index contributed by atoms with van der Waals surface area (Å²) in [7, 11) is -3.92. The van der Waals surface area contributed by atoms with E-state index in [1.165, 1.54) is 16.4 Å². The van der Waals surface area contributed by atoms with Gasteiger partial charge in [-0.2, -0.15) is 4.31 Å². The molecule has 0 aliphatic carbocycles. The lowest BCUT2D eigenvalue weighted by molar-refractivity contribution is 0.0729. The van der Waals surface area contributed by atoms with Gasteiger partial charge in [0.2, 0.25) is 15.9 Å². The van der Waals surface area contributed by atoms with Gasteiger partial charge in [0.1, 0.15) is 16.2 Å². The van der Waals surface area contributed by atoms with Crippen LogP contribution in [0.3, 0.4) is 0 Å². The molecule has 2 heterocycles. The molecular formula is C18H18FN3O4S. The van der Waals surface area contributed by atoms with E-state index in [1.807, 2.05) is 24.3 Å². The molecule has 0 unspecified atom stereocenters. The van der Waals surface area contributed by atoms with E-state index in [1.54, 1.807) is 0 Å². The molecule has 1 N–H and O–H groups in total. The monoisotopic (exact) mass is 391 g/mol. The van der Waals surface area contributed by atoms with E-state index >= 15 is 0 Å². The number of benzene rings is 2. The maximum absolute atomic E-state index is 14.2. The zero-order valence-corrected chi connectivity index (χ0v) is 15.2. The maximum atomic E-state index is 14.2. The first-order valence-corrected chi connectivity index (χ1v) is 9.94. The van der Waals surface area contributed by atoms with E-state index in [0.29, 0.717) is 30.4 Å². The summed E-state index contributed by atoms with van der Waals surface area (Å²) in [5, 5.41) is 3.03. The summed E-state index contributed by atoms with van der Waals surface area (Å²) >= 11 is 0. The number of sulfonamides is 1. The largest absolute Gasteiger partial charge is 0.439 e. The summed E-state index contributed by atoms with van der Waals surface area (Å²) in [4.78, 5) is 3.99. The van der Waals surface area contributed by atoms with Gasteiger partial charge in [-0.3, -0.25) is 0 Å². The van der Waals surface area contributed by atoms with Gasteiger partial charge in [0.15, 0.2) is 5.58 Å². The number of nitrogens with one attached hydrogen (secondary N) is 1. The lowest BCUT2D eigenvalue weighted by Crippen LogP contribution is -2.40. The number of oxazole rings is 1. The molecule has 4 rings (SSSR count). The number of hydrogen-bond acceptors (Lipinski definition) is 6. The van der Waals surface area contributed by atoms with Crippen molar-refractivity contribution in [3.63, 3.8) is 0 Å². The molecule has 0 amide bonds. The van der Waals surface area contributed by atoms with Gasteiger partial charge in [0.05, 0.1) is 19.8 Å². The Balaban J connectivity index is 1.54. The summed E-state index contributed by atoms with van der Waals surface area (Å²) in [5.74, 6) is -0.327. The first-order valence-electron chi connectivity index (χ1n) is 8.50. The lowest BCUT2D eigenvalue weighted by Gasteiger charge is -2.26. The van der Waals surface area contributed by atoms with E-state index in [2.05, 4.69) is 10.3 Å². The molecular weight excluding hydrogens is 373 g/mol. The predicted octanol–water partition coefficient (Wildman–Crippen LogP) is 2.60. The van der Waals surface area contributed by atoms with Crippen LogP contribution in [0.1, 0.15) is 5.89 Å². The van der Waals surface area contributed by atoms with Crippen molar-refractivity contribution in [3.05, 3.63) is 54.2 Å². The number of rotatable bonds is 5. The molecule has 0 bridgehead atoms. The van der Waals surface area contributed by atoms with E-state index in [-0.39, 0.29) is 24.5 Å². The summed E-state index contributed by atoms with van der Waals surface area (Å²) in [6.45, 7) is 1.27. The smallest absolute Gasteiger partial charge is 0.246 e. The van der Waals surface area contributed by atoms with Crippen LogP contribution in [0.4, 0.5) is 10.1 Å². The molecule has 1 saturated heterocycles. The molecule has 142 valence electrons. The Morgan fingerprint density at radius 1 is 1.15 bits per heavy atom. The average molecular weight is 391 g/mol. The molecule has 0 saturated carbocycles. The van der Waals surface area contributed by atoms with Gasteiger partial charge >= 0.3 is 0 Å². The van der Waals surface area contributed by atoms with Crippen LogP contribution in [-0.2, 0) is 21.3 Å². The van der Waals surface area contributed by atoms with Crippen molar-refractivity contribution in [1.82, 2.24) is 9.29 Å². The van der Waals surface area contributed by atoms with Crippen molar-refractivity contribution in [2.75, 3.05) is 31.6 Å². The molecule has 27 heavy (non-hydrogen) atoms. The molecule has 3 aromatic rings. The van der Waals surface area contributed by atoms with Crippen LogP contribution < -0.4 is 5.32 Å². The van der Waals surface area contributed by atoms with Crippen LogP contribution in [-0.4, -0.2) is 44.0 Å². The fraction of sp³-hybridized carbons (Fsp3) is 0.278. The fourth-order valence-electron chi connectivity index (χ4n) is 2.91. The van der Waals surface area contributed by atoms with Crippen LogP contribution in [0.15, 0.2) is 51.8 Å². The number of morpholine rings is 1. The van der Waals surface area contributed by atoms with Crippen molar-refractivity contribution < 1.29 is 22.0 Å². The molecule has 1 fully saturated rings. The highest BCUT2D eigenvalue weighted by Crippen LogP contribution is 2.24. The van der Waals surface area contributed by atoms with Gasteiger partial charge < -0.3 is 14.5 Å². The maximum Gasteiger partial charge on any atom is 0.246 e. The fourth-order valence-corrected chi connectivity index (χ4v) is 4.41. The van der Waals surface area contributed by atoms with Crippen LogP contribution in [0.25, 0.3) is 11.1 Å². The number of para-hydroxylation sites is 2. The van der Waals surface area contributed by atoms with Crippen LogP contribution in [0.2, 0.25) is 0 Å². The Labute approximate surface area is 155 Å². The van der Waals surface area contributed by atoms with E-state index in [0.717, 1.165) is 11.6 Å². The van der Waals surface area contributed by atoms with Gasteiger partial charge in [0.25, 0.3) is 0 Å². The zero-order valence-electron chi connectivity index (χ0n) is 14.4.